The largest absolute Gasteiger partial charge is 0.328 e. The highest BCUT2D eigenvalue weighted by Crippen LogP contribution is 2.20. The van der Waals surface area contributed by atoms with Crippen molar-refractivity contribution >= 4 is 0 Å². The molecule has 0 aromatic carbocycles. The lowest BCUT2D eigenvalue weighted by Gasteiger charge is -2.16. The second-order valence-corrected chi connectivity index (χ2v) is 4.43. The zero-order chi connectivity index (χ0) is 8.81. The van der Waals surface area contributed by atoms with Gasteiger partial charge in [0, 0.05) is 6.04 Å². The predicted octanol–water partition coefficient (Wildman–Crippen LogP) is 3.08. The van der Waals surface area contributed by atoms with Crippen molar-refractivity contribution in [3.8, 4) is 0 Å². The van der Waals surface area contributed by atoms with E-state index in [1.807, 2.05) is 0 Å². The molecule has 1 fully saturated rings. The Balaban J connectivity index is 2.20. The number of hydrogen-bond acceptors (Lipinski definition) is 1. The molecule has 0 aromatic heterocycles. The Kier molecular flexibility index (Phi) is 4.67. The van der Waals surface area contributed by atoms with Crippen LogP contribution in [0.1, 0.15) is 58.3 Å². The van der Waals surface area contributed by atoms with E-state index in [2.05, 4.69) is 6.92 Å². The van der Waals surface area contributed by atoms with Crippen LogP contribution in [-0.4, -0.2) is 6.04 Å². The van der Waals surface area contributed by atoms with Crippen molar-refractivity contribution in [2.75, 3.05) is 0 Å². The third-order valence-electron chi connectivity index (χ3n) is 3.04. The van der Waals surface area contributed by atoms with E-state index in [-0.39, 0.29) is 0 Å². The van der Waals surface area contributed by atoms with Gasteiger partial charge < -0.3 is 5.73 Å². The summed E-state index contributed by atoms with van der Waals surface area (Å²) >= 11 is 0. The summed E-state index contributed by atoms with van der Waals surface area (Å²) in [4.78, 5) is 0. The standard InChI is InChI=1S/C11H23N/c1-10-6-2-4-8-11(12)9-5-3-7-10/h10-11H,2-9,12H2,1H3. The van der Waals surface area contributed by atoms with Gasteiger partial charge in [0.05, 0.1) is 0 Å². The molecule has 72 valence electrons. The van der Waals surface area contributed by atoms with Crippen LogP contribution in [0.25, 0.3) is 0 Å². The summed E-state index contributed by atoms with van der Waals surface area (Å²) in [7, 11) is 0. The minimum Gasteiger partial charge on any atom is -0.328 e. The smallest absolute Gasteiger partial charge is 0.00388 e. The lowest BCUT2D eigenvalue weighted by Crippen LogP contribution is -2.20. The normalized spacial score (nSPS) is 34.5. The van der Waals surface area contributed by atoms with Gasteiger partial charge in [-0.15, -0.1) is 0 Å². The maximum Gasteiger partial charge on any atom is 0.00388 e. The van der Waals surface area contributed by atoms with Crippen molar-refractivity contribution in [1.29, 1.82) is 0 Å². The van der Waals surface area contributed by atoms with Gasteiger partial charge in [0.15, 0.2) is 0 Å². The van der Waals surface area contributed by atoms with Crippen molar-refractivity contribution in [1.82, 2.24) is 0 Å². The van der Waals surface area contributed by atoms with Crippen molar-refractivity contribution in [2.45, 2.75) is 64.3 Å². The topological polar surface area (TPSA) is 26.0 Å². The van der Waals surface area contributed by atoms with Crippen LogP contribution in [0.2, 0.25) is 0 Å². The molecule has 0 spiro atoms. The van der Waals surface area contributed by atoms with Gasteiger partial charge in [-0.1, -0.05) is 45.4 Å². The van der Waals surface area contributed by atoms with Crippen molar-refractivity contribution in [3.63, 3.8) is 0 Å². The van der Waals surface area contributed by atoms with Gasteiger partial charge in [-0.3, -0.25) is 0 Å². The maximum atomic E-state index is 5.96. The molecule has 1 aliphatic rings. The second-order valence-electron chi connectivity index (χ2n) is 4.43. The molecular weight excluding hydrogens is 146 g/mol. The molecule has 0 aromatic rings. The fraction of sp³-hybridized carbons (Fsp3) is 1.00. The molecule has 0 bridgehead atoms. The minimum atomic E-state index is 0.499. The van der Waals surface area contributed by atoms with E-state index in [4.69, 9.17) is 5.73 Å². The molecule has 1 heteroatoms. The van der Waals surface area contributed by atoms with E-state index in [0.29, 0.717) is 6.04 Å². The van der Waals surface area contributed by atoms with Crippen LogP contribution in [0, 0.1) is 5.92 Å². The van der Waals surface area contributed by atoms with Gasteiger partial charge in [-0.2, -0.15) is 0 Å². The number of rotatable bonds is 0. The molecule has 2 N–H and O–H groups in total. The van der Waals surface area contributed by atoms with E-state index in [1.54, 1.807) is 0 Å². The van der Waals surface area contributed by atoms with Gasteiger partial charge >= 0.3 is 0 Å². The lowest BCUT2D eigenvalue weighted by atomic mass is 9.92. The third-order valence-corrected chi connectivity index (χ3v) is 3.04. The molecule has 0 atom stereocenters. The average Bonchev–Trinajstić information content (AvgIpc) is 2.06. The highest BCUT2D eigenvalue weighted by atomic mass is 14.6. The summed E-state index contributed by atoms with van der Waals surface area (Å²) in [6.07, 6.45) is 10.9. The summed E-state index contributed by atoms with van der Waals surface area (Å²) in [5.41, 5.74) is 5.96. The van der Waals surface area contributed by atoms with Crippen LogP contribution >= 0.6 is 0 Å². The van der Waals surface area contributed by atoms with Gasteiger partial charge in [-0.05, 0) is 18.8 Å². The van der Waals surface area contributed by atoms with E-state index >= 15 is 0 Å². The van der Waals surface area contributed by atoms with Crippen LogP contribution < -0.4 is 5.73 Å². The molecule has 0 radical (unpaired) electrons. The first-order valence-electron chi connectivity index (χ1n) is 5.54. The van der Waals surface area contributed by atoms with Crippen molar-refractivity contribution < 1.29 is 0 Å². The van der Waals surface area contributed by atoms with Crippen LogP contribution in [0.4, 0.5) is 0 Å². The van der Waals surface area contributed by atoms with Crippen molar-refractivity contribution in [2.24, 2.45) is 11.7 Å². The highest BCUT2D eigenvalue weighted by Gasteiger charge is 2.07. The van der Waals surface area contributed by atoms with Crippen LogP contribution in [0.3, 0.4) is 0 Å². The van der Waals surface area contributed by atoms with Crippen molar-refractivity contribution in [3.05, 3.63) is 0 Å². The van der Waals surface area contributed by atoms with Gasteiger partial charge in [0.1, 0.15) is 0 Å². The molecule has 0 aliphatic heterocycles. The Morgan fingerprint density at radius 1 is 0.833 bits per heavy atom. The van der Waals surface area contributed by atoms with Crippen LogP contribution in [0.5, 0.6) is 0 Å². The molecule has 0 amide bonds. The molecule has 1 rings (SSSR count). The highest BCUT2D eigenvalue weighted by molar-refractivity contribution is 4.65. The summed E-state index contributed by atoms with van der Waals surface area (Å²) in [6.45, 7) is 2.39. The van der Waals surface area contributed by atoms with E-state index in [9.17, 15) is 0 Å². The Hall–Kier alpha value is -0.0400. The number of hydrogen-bond donors (Lipinski definition) is 1. The predicted molar refractivity (Wildman–Crippen MR) is 54.1 cm³/mol. The molecule has 1 aliphatic carbocycles. The summed E-state index contributed by atoms with van der Waals surface area (Å²) in [5, 5.41) is 0. The van der Waals surface area contributed by atoms with Gasteiger partial charge in [-0.25, -0.2) is 0 Å². The number of nitrogens with two attached hydrogens (primary N) is 1. The molecule has 1 nitrogen and oxygen atoms in total. The molecule has 0 heterocycles. The zero-order valence-corrected chi connectivity index (χ0v) is 8.39. The monoisotopic (exact) mass is 169 g/mol. The molecule has 1 saturated carbocycles. The summed E-state index contributed by atoms with van der Waals surface area (Å²) in [5.74, 6) is 0.958. The SMILES string of the molecule is CC1CCCCC(N)CCCC1. The lowest BCUT2D eigenvalue weighted by molar-refractivity contribution is 0.396. The fourth-order valence-electron chi connectivity index (χ4n) is 2.09. The first-order valence-corrected chi connectivity index (χ1v) is 5.54. The summed E-state index contributed by atoms with van der Waals surface area (Å²) < 4.78 is 0. The van der Waals surface area contributed by atoms with E-state index < -0.39 is 0 Å². The first kappa shape index (κ1) is 10.0. The zero-order valence-electron chi connectivity index (χ0n) is 8.39. The molecule has 0 saturated heterocycles. The third kappa shape index (κ3) is 4.10. The Morgan fingerprint density at radius 2 is 1.25 bits per heavy atom. The van der Waals surface area contributed by atoms with E-state index in [1.165, 1.54) is 51.4 Å². The van der Waals surface area contributed by atoms with Crippen LogP contribution in [0.15, 0.2) is 0 Å². The second kappa shape index (κ2) is 5.58. The minimum absolute atomic E-state index is 0.499. The maximum absolute atomic E-state index is 5.96. The molecule has 12 heavy (non-hydrogen) atoms. The Labute approximate surface area is 76.7 Å². The Morgan fingerprint density at radius 3 is 1.75 bits per heavy atom. The average molecular weight is 169 g/mol. The first-order chi connectivity index (χ1) is 5.79. The molecular formula is C11H23N. The molecule has 0 unspecified atom stereocenters. The van der Waals surface area contributed by atoms with Gasteiger partial charge in [0.2, 0.25) is 0 Å². The fourth-order valence-corrected chi connectivity index (χ4v) is 2.09. The quantitative estimate of drug-likeness (QED) is 0.592. The van der Waals surface area contributed by atoms with Crippen LogP contribution in [-0.2, 0) is 0 Å². The van der Waals surface area contributed by atoms with E-state index in [0.717, 1.165) is 5.92 Å². The Bertz CT molecular complexity index is 85.6. The van der Waals surface area contributed by atoms with Gasteiger partial charge in [0.25, 0.3) is 0 Å². The summed E-state index contributed by atoms with van der Waals surface area (Å²) in [6, 6.07) is 0.499.